The highest BCUT2D eigenvalue weighted by atomic mass is 16.5. The van der Waals surface area contributed by atoms with Crippen LogP contribution in [0.5, 0.6) is 0 Å². The number of amides is 1. The van der Waals surface area contributed by atoms with E-state index in [0.29, 0.717) is 0 Å². The van der Waals surface area contributed by atoms with Crippen LogP contribution in [0.3, 0.4) is 0 Å². The van der Waals surface area contributed by atoms with Gasteiger partial charge in [0.15, 0.2) is 0 Å². The fourth-order valence-corrected chi connectivity index (χ4v) is 2.29. The van der Waals surface area contributed by atoms with Crippen LogP contribution in [0.4, 0.5) is 4.79 Å². The molecule has 20 heavy (non-hydrogen) atoms. The zero-order valence-electron chi connectivity index (χ0n) is 11.1. The lowest BCUT2D eigenvalue weighted by atomic mass is 9.94. The molecule has 0 saturated carbocycles. The SMILES string of the molecule is COC(=O)N1N=C(c2ccccc2)[C@@H]1c1ccccc1. The van der Waals surface area contributed by atoms with Gasteiger partial charge < -0.3 is 4.74 Å². The van der Waals surface area contributed by atoms with Crippen molar-refractivity contribution < 1.29 is 9.53 Å². The number of hydrazone groups is 1. The number of hydrogen-bond acceptors (Lipinski definition) is 3. The first-order valence-corrected chi connectivity index (χ1v) is 6.37. The molecule has 1 heterocycles. The number of nitrogens with zero attached hydrogens (tertiary/aromatic N) is 2. The van der Waals surface area contributed by atoms with Crippen molar-refractivity contribution in [1.82, 2.24) is 5.01 Å². The topological polar surface area (TPSA) is 41.9 Å². The predicted octanol–water partition coefficient (Wildman–Crippen LogP) is 3.21. The van der Waals surface area contributed by atoms with Crippen LogP contribution < -0.4 is 0 Å². The fourth-order valence-electron chi connectivity index (χ4n) is 2.29. The van der Waals surface area contributed by atoms with Gasteiger partial charge in [-0.1, -0.05) is 60.7 Å². The maximum absolute atomic E-state index is 11.8. The van der Waals surface area contributed by atoms with Crippen LogP contribution in [0.1, 0.15) is 17.2 Å². The normalized spacial score (nSPS) is 17.1. The van der Waals surface area contributed by atoms with Gasteiger partial charge in [-0.3, -0.25) is 0 Å². The van der Waals surface area contributed by atoms with E-state index in [-0.39, 0.29) is 6.04 Å². The van der Waals surface area contributed by atoms with Crippen molar-refractivity contribution in [3.63, 3.8) is 0 Å². The Morgan fingerprint density at radius 3 is 2.25 bits per heavy atom. The zero-order valence-corrected chi connectivity index (χ0v) is 11.1. The Morgan fingerprint density at radius 1 is 1.05 bits per heavy atom. The second kappa shape index (κ2) is 5.17. The van der Waals surface area contributed by atoms with Crippen LogP contribution >= 0.6 is 0 Å². The van der Waals surface area contributed by atoms with Gasteiger partial charge in [0.2, 0.25) is 0 Å². The summed E-state index contributed by atoms with van der Waals surface area (Å²) in [7, 11) is 1.36. The summed E-state index contributed by atoms with van der Waals surface area (Å²) in [5.74, 6) is 0. The van der Waals surface area contributed by atoms with E-state index in [1.54, 1.807) is 0 Å². The molecule has 4 nitrogen and oxygen atoms in total. The quantitative estimate of drug-likeness (QED) is 0.837. The van der Waals surface area contributed by atoms with Gasteiger partial charge in [0.25, 0.3) is 0 Å². The Bertz CT molecular complexity index is 638. The molecule has 3 rings (SSSR count). The lowest BCUT2D eigenvalue weighted by Crippen LogP contribution is -2.44. The number of carbonyl (C=O) groups is 1. The van der Waals surface area contributed by atoms with E-state index in [0.717, 1.165) is 16.8 Å². The van der Waals surface area contributed by atoms with E-state index in [2.05, 4.69) is 5.10 Å². The Labute approximate surface area is 117 Å². The highest BCUT2D eigenvalue weighted by Crippen LogP contribution is 2.34. The molecule has 0 aromatic heterocycles. The molecule has 0 saturated heterocycles. The molecule has 2 aromatic carbocycles. The summed E-state index contributed by atoms with van der Waals surface area (Å²) < 4.78 is 4.77. The lowest BCUT2D eigenvalue weighted by molar-refractivity contribution is 0.107. The molecular weight excluding hydrogens is 252 g/mol. The van der Waals surface area contributed by atoms with Crippen LogP contribution in [0, 0.1) is 0 Å². The predicted molar refractivity (Wildman–Crippen MR) is 76.4 cm³/mol. The van der Waals surface area contributed by atoms with E-state index in [1.165, 1.54) is 12.1 Å². The average molecular weight is 266 g/mol. The van der Waals surface area contributed by atoms with Gasteiger partial charge in [0.05, 0.1) is 12.8 Å². The number of carbonyl (C=O) groups excluding carboxylic acids is 1. The van der Waals surface area contributed by atoms with Crippen molar-refractivity contribution in [3.8, 4) is 0 Å². The smallest absolute Gasteiger partial charge is 0.431 e. The summed E-state index contributed by atoms with van der Waals surface area (Å²) in [6.07, 6.45) is -0.446. The molecule has 0 bridgehead atoms. The third kappa shape index (κ3) is 2.05. The van der Waals surface area contributed by atoms with E-state index in [4.69, 9.17) is 4.74 Å². The van der Waals surface area contributed by atoms with E-state index in [9.17, 15) is 4.79 Å². The van der Waals surface area contributed by atoms with E-state index >= 15 is 0 Å². The molecule has 100 valence electrons. The molecule has 1 aliphatic heterocycles. The molecular formula is C16H14N2O2. The molecule has 0 N–H and O–H groups in total. The maximum atomic E-state index is 11.8. The Morgan fingerprint density at radius 2 is 1.65 bits per heavy atom. The second-order valence-electron chi connectivity index (χ2n) is 4.48. The van der Waals surface area contributed by atoms with Gasteiger partial charge in [0.1, 0.15) is 6.04 Å². The van der Waals surface area contributed by atoms with Gasteiger partial charge >= 0.3 is 6.09 Å². The number of benzene rings is 2. The summed E-state index contributed by atoms with van der Waals surface area (Å²) >= 11 is 0. The largest absolute Gasteiger partial charge is 0.451 e. The van der Waals surface area contributed by atoms with Crippen LogP contribution in [0.2, 0.25) is 0 Å². The summed E-state index contributed by atoms with van der Waals surface area (Å²) in [4.78, 5) is 11.8. The van der Waals surface area contributed by atoms with Gasteiger partial charge in [-0.25, -0.2) is 4.79 Å². The van der Waals surface area contributed by atoms with E-state index < -0.39 is 6.09 Å². The third-order valence-corrected chi connectivity index (χ3v) is 3.27. The molecule has 2 aromatic rings. The third-order valence-electron chi connectivity index (χ3n) is 3.27. The Balaban J connectivity index is 1.99. The van der Waals surface area contributed by atoms with Gasteiger partial charge in [-0.05, 0) is 5.56 Å². The Kier molecular flexibility index (Phi) is 3.21. The minimum atomic E-state index is -0.446. The highest BCUT2D eigenvalue weighted by Gasteiger charge is 2.39. The monoisotopic (exact) mass is 266 g/mol. The molecule has 1 atom stereocenters. The van der Waals surface area contributed by atoms with Crippen molar-refractivity contribution in [2.75, 3.05) is 7.11 Å². The number of methoxy groups -OCH3 is 1. The number of rotatable bonds is 2. The average Bonchev–Trinajstić information content (AvgIpc) is 2.48. The van der Waals surface area contributed by atoms with Crippen molar-refractivity contribution in [2.45, 2.75) is 6.04 Å². The number of ether oxygens (including phenoxy) is 1. The van der Waals surface area contributed by atoms with Crippen LogP contribution in [0.15, 0.2) is 65.8 Å². The maximum Gasteiger partial charge on any atom is 0.431 e. The first kappa shape index (κ1) is 12.4. The fraction of sp³-hybridized carbons (Fsp3) is 0.125. The Hall–Kier alpha value is -2.62. The van der Waals surface area contributed by atoms with Crippen LogP contribution in [0.25, 0.3) is 0 Å². The van der Waals surface area contributed by atoms with Gasteiger partial charge in [-0.15, -0.1) is 0 Å². The molecule has 0 radical (unpaired) electrons. The summed E-state index contributed by atoms with van der Waals surface area (Å²) in [5.41, 5.74) is 2.91. The van der Waals surface area contributed by atoms with Crippen molar-refractivity contribution in [2.24, 2.45) is 5.10 Å². The first-order chi connectivity index (χ1) is 9.81. The van der Waals surface area contributed by atoms with Gasteiger partial charge in [0, 0.05) is 5.56 Å². The molecule has 0 aliphatic carbocycles. The molecule has 1 amide bonds. The minimum Gasteiger partial charge on any atom is -0.451 e. The van der Waals surface area contributed by atoms with Crippen molar-refractivity contribution in [1.29, 1.82) is 0 Å². The standard InChI is InChI=1S/C16H14N2O2/c1-20-16(19)18-15(13-10-6-3-7-11-13)14(17-18)12-8-4-2-5-9-12/h2-11,15H,1H3/t15-/m0/s1. The second-order valence-corrected chi connectivity index (χ2v) is 4.48. The van der Waals surface area contributed by atoms with Gasteiger partial charge in [-0.2, -0.15) is 10.1 Å². The highest BCUT2D eigenvalue weighted by molar-refractivity contribution is 6.09. The molecule has 0 spiro atoms. The molecule has 1 aliphatic rings. The first-order valence-electron chi connectivity index (χ1n) is 6.37. The van der Waals surface area contributed by atoms with Crippen molar-refractivity contribution >= 4 is 11.8 Å². The minimum absolute atomic E-state index is 0.189. The van der Waals surface area contributed by atoms with E-state index in [1.807, 2.05) is 60.7 Å². The lowest BCUT2D eigenvalue weighted by Gasteiger charge is -2.36. The zero-order chi connectivity index (χ0) is 13.9. The number of hydrogen-bond donors (Lipinski definition) is 0. The summed E-state index contributed by atoms with van der Waals surface area (Å²) in [6.45, 7) is 0. The van der Waals surface area contributed by atoms with Crippen LogP contribution in [-0.4, -0.2) is 23.9 Å². The molecule has 0 unspecified atom stereocenters. The van der Waals surface area contributed by atoms with Crippen LogP contribution in [-0.2, 0) is 4.74 Å². The van der Waals surface area contributed by atoms with Crippen molar-refractivity contribution in [3.05, 3.63) is 71.8 Å². The molecule has 4 heteroatoms. The molecule has 0 fully saturated rings. The summed E-state index contributed by atoms with van der Waals surface area (Å²) in [6, 6.07) is 19.5. The summed E-state index contributed by atoms with van der Waals surface area (Å²) in [5, 5.41) is 5.67.